The van der Waals surface area contributed by atoms with Gasteiger partial charge in [-0.05, 0) is 42.5 Å². The van der Waals surface area contributed by atoms with Crippen molar-refractivity contribution in [1.82, 2.24) is 4.98 Å². The van der Waals surface area contributed by atoms with Crippen molar-refractivity contribution in [1.29, 1.82) is 0 Å². The molecule has 3 rings (SSSR count). The van der Waals surface area contributed by atoms with Gasteiger partial charge in [0.2, 0.25) is 5.88 Å². The molecule has 1 fully saturated rings. The van der Waals surface area contributed by atoms with E-state index in [1.807, 2.05) is 0 Å². The lowest BCUT2D eigenvalue weighted by molar-refractivity contribution is -0.274. The quantitative estimate of drug-likeness (QED) is 0.331. The Morgan fingerprint density at radius 3 is 2.71 bits per heavy atom. The number of guanidine groups is 1. The molecule has 0 amide bonds. The van der Waals surface area contributed by atoms with E-state index in [-0.39, 0.29) is 47.9 Å². The molecule has 3 N–H and O–H groups in total. The summed E-state index contributed by atoms with van der Waals surface area (Å²) in [6.07, 6.45) is -0.807. The third kappa shape index (κ3) is 7.41. The van der Waals surface area contributed by atoms with Gasteiger partial charge in [-0.15, -0.1) is 37.1 Å². The van der Waals surface area contributed by atoms with Crippen molar-refractivity contribution in [3.05, 3.63) is 48.2 Å². The van der Waals surface area contributed by atoms with Gasteiger partial charge in [0.25, 0.3) is 0 Å². The van der Waals surface area contributed by atoms with Crippen molar-refractivity contribution in [2.45, 2.75) is 25.7 Å². The molecule has 0 unspecified atom stereocenters. The number of pyridine rings is 1. The van der Waals surface area contributed by atoms with Crippen LogP contribution in [0.2, 0.25) is 0 Å². The first-order chi connectivity index (χ1) is 12.9. The average Bonchev–Trinajstić information content (AvgIpc) is 3.44. The number of benzene rings is 1. The summed E-state index contributed by atoms with van der Waals surface area (Å²) in [7, 11) is 0. The van der Waals surface area contributed by atoms with E-state index in [1.165, 1.54) is 31.0 Å². The summed E-state index contributed by atoms with van der Waals surface area (Å²) in [5, 5.41) is 2.62. The number of aromatic nitrogens is 1. The molecule has 28 heavy (non-hydrogen) atoms. The van der Waals surface area contributed by atoms with Crippen molar-refractivity contribution < 1.29 is 22.6 Å². The molecule has 6 nitrogen and oxygen atoms in total. The van der Waals surface area contributed by atoms with Gasteiger partial charge in [0.15, 0.2) is 11.7 Å². The summed E-state index contributed by atoms with van der Waals surface area (Å²) in [6, 6.07) is 9.13. The smallest absolute Gasteiger partial charge is 0.477 e. The highest BCUT2D eigenvalue weighted by Crippen LogP contribution is 2.30. The number of nitrogens with zero attached hydrogens (tertiary/aromatic N) is 2. The van der Waals surface area contributed by atoms with Crippen LogP contribution in [0.25, 0.3) is 0 Å². The van der Waals surface area contributed by atoms with Gasteiger partial charge < -0.3 is 20.5 Å². The number of hydrogen-bond acceptors (Lipinski definition) is 4. The zero-order valence-corrected chi connectivity index (χ0v) is 17.1. The normalized spacial score (nSPS) is 14.2. The van der Waals surface area contributed by atoms with Crippen molar-refractivity contribution in [3.8, 4) is 11.6 Å². The number of anilines is 1. The second-order valence-electron chi connectivity index (χ2n) is 6.13. The molecule has 1 saturated carbocycles. The first-order valence-electron chi connectivity index (χ1n) is 8.38. The Kier molecular flexibility index (Phi) is 7.72. The van der Waals surface area contributed by atoms with E-state index in [1.54, 1.807) is 24.4 Å². The molecular formula is C18H20F3IN4O2. The predicted octanol–water partition coefficient (Wildman–Crippen LogP) is 4.31. The van der Waals surface area contributed by atoms with Crippen molar-refractivity contribution in [3.63, 3.8) is 0 Å². The minimum atomic E-state index is -4.79. The van der Waals surface area contributed by atoms with Gasteiger partial charge in [-0.2, -0.15) is 0 Å². The first-order valence-corrected chi connectivity index (χ1v) is 8.38. The van der Waals surface area contributed by atoms with Crippen LogP contribution in [0.1, 0.15) is 18.4 Å². The van der Waals surface area contributed by atoms with Crippen LogP contribution in [0.15, 0.2) is 47.6 Å². The van der Waals surface area contributed by atoms with E-state index in [0.717, 1.165) is 5.56 Å². The average molecular weight is 508 g/mol. The molecule has 2 aromatic rings. The maximum atomic E-state index is 12.5. The van der Waals surface area contributed by atoms with E-state index >= 15 is 0 Å². The van der Waals surface area contributed by atoms with Gasteiger partial charge in [0.1, 0.15) is 0 Å². The van der Waals surface area contributed by atoms with Crippen LogP contribution in [-0.4, -0.2) is 23.9 Å². The topological polar surface area (TPSA) is 81.8 Å². The fourth-order valence-electron chi connectivity index (χ4n) is 2.25. The highest BCUT2D eigenvalue weighted by Gasteiger charge is 2.32. The number of para-hydroxylation sites is 2. The van der Waals surface area contributed by atoms with Crippen LogP contribution in [0.4, 0.5) is 18.9 Å². The second kappa shape index (κ2) is 9.80. The van der Waals surface area contributed by atoms with E-state index < -0.39 is 6.36 Å². The molecule has 152 valence electrons. The van der Waals surface area contributed by atoms with Crippen molar-refractivity contribution in [2.75, 3.05) is 11.9 Å². The SMILES string of the molecule is I.NC(=NCc1ccnc(OCC2CC2)c1)Nc1ccccc1OC(F)(F)F. The summed E-state index contributed by atoms with van der Waals surface area (Å²) in [4.78, 5) is 8.28. The molecule has 0 aliphatic heterocycles. The number of rotatable bonds is 7. The monoisotopic (exact) mass is 508 g/mol. The van der Waals surface area contributed by atoms with E-state index in [2.05, 4.69) is 20.0 Å². The van der Waals surface area contributed by atoms with E-state index in [9.17, 15) is 13.2 Å². The number of ether oxygens (including phenoxy) is 2. The molecule has 0 atom stereocenters. The van der Waals surface area contributed by atoms with Crippen LogP contribution in [0, 0.1) is 5.92 Å². The Bertz CT molecular complexity index is 813. The highest BCUT2D eigenvalue weighted by molar-refractivity contribution is 14.0. The predicted molar refractivity (Wildman–Crippen MR) is 110 cm³/mol. The number of nitrogens with one attached hydrogen (secondary N) is 1. The van der Waals surface area contributed by atoms with E-state index in [4.69, 9.17) is 10.5 Å². The Hall–Kier alpha value is -2.24. The third-order valence-electron chi connectivity index (χ3n) is 3.77. The molecule has 1 aliphatic rings. The zero-order valence-electron chi connectivity index (χ0n) is 14.8. The number of hydrogen-bond donors (Lipinski definition) is 2. The van der Waals surface area contributed by atoms with Crippen LogP contribution >= 0.6 is 24.0 Å². The minimum Gasteiger partial charge on any atom is -0.477 e. The summed E-state index contributed by atoms with van der Waals surface area (Å²) in [5.41, 5.74) is 6.67. The fraction of sp³-hybridized carbons (Fsp3) is 0.333. The van der Waals surface area contributed by atoms with Crippen LogP contribution in [0.5, 0.6) is 11.6 Å². The lowest BCUT2D eigenvalue weighted by Crippen LogP contribution is -2.24. The molecule has 0 radical (unpaired) electrons. The fourth-order valence-corrected chi connectivity index (χ4v) is 2.25. The highest BCUT2D eigenvalue weighted by atomic mass is 127. The number of aliphatic imine (C=N–C) groups is 1. The molecule has 10 heteroatoms. The summed E-state index contributed by atoms with van der Waals surface area (Å²) in [5.74, 6) is 0.714. The third-order valence-corrected chi connectivity index (χ3v) is 3.77. The molecule has 0 bridgehead atoms. The molecule has 1 aliphatic carbocycles. The number of halogens is 4. The summed E-state index contributed by atoms with van der Waals surface area (Å²) >= 11 is 0. The number of alkyl halides is 3. The maximum absolute atomic E-state index is 12.5. The molecule has 0 saturated heterocycles. The van der Waals surface area contributed by atoms with Crippen molar-refractivity contribution in [2.24, 2.45) is 16.6 Å². The van der Waals surface area contributed by atoms with E-state index in [0.29, 0.717) is 18.4 Å². The van der Waals surface area contributed by atoms with Crippen LogP contribution in [0.3, 0.4) is 0 Å². The molecular weight excluding hydrogens is 488 g/mol. The molecule has 1 aromatic heterocycles. The standard InChI is InChI=1S/C18H19F3N4O2.HI/c19-18(20,21)27-15-4-2-1-3-14(15)25-17(22)24-10-13-7-8-23-16(9-13)26-11-12-5-6-12;/h1-4,7-9,12H,5-6,10-11H2,(H3,22,24,25);1H. The Morgan fingerprint density at radius 1 is 1.25 bits per heavy atom. The Labute approximate surface area is 177 Å². The van der Waals surface area contributed by atoms with Gasteiger partial charge in [0, 0.05) is 12.3 Å². The van der Waals surface area contributed by atoms with Gasteiger partial charge in [-0.25, -0.2) is 9.98 Å². The Balaban J connectivity index is 0.00000280. The van der Waals surface area contributed by atoms with Crippen LogP contribution in [-0.2, 0) is 6.54 Å². The summed E-state index contributed by atoms with van der Waals surface area (Å²) in [6.45, 7) is 0.878. The second-order valence-corrected chi connectivity index (χ2v) is 6.13. The molecule has 1 heterocycles. The Morgan fingerprint density at radius 2 is 2.00 bits per heavy atom. The number of nitrogens with two attached hydrogens (primary N) is 1. The zero-order chi connectivity index (χ0) is 19.3. The first kappa shape index (κ1) is 22.1. The summed E-state index contributed by atoms with van der Waals surface area (Å²) < 4.78 is 46.9. The lowest BCUT2D eigenvalue weighted by Gasteiger charge is -2.14. The minimum absolute atomic E-state index is 0. The molecule has 1 aromatic carbocycles. The van der Waals surface area contributed by atoms with Gasteiger partial charge in [-0.1, -0.05) is 12.1 Å². The van der Waals surface area contributed by atoms with Gasteiger partial charge >= 0.3 is 6.36 Å². The van der Waals surface area contributed by atoms with Crippen LogP contribution < -0.4 is 20.5 Å². The maximum Gasteiger partial charge on any atom is 0.573 e. The van der Waals surface area contributed by atoms with Gasteiger partial charge in [-0.3, -0.25) is 0 Å². The molecule has 0 spiro atoms. The van der Waals surface area contributed by atoms with Gasteiger partial charge in [0.05, 0.1) is 18.8 Å². The largest absolute Gasteiger partial charge is 0.573 e. The lowest BCUT2D eigenvalue weighted by atomic mass is 10.2. The van der Waals surface area contributed by atoms with Crippen molar-refractivity contribution >= 4 is 35.6 Å².